The summed E-state index contributed by atoms with van der Waals surface area (Å²) in [6.07, 6.45) is 0.748. The molecule has 1 saturated heterocycles. The van der Waals surface area contributed by atoms with Gasteiger partial charge in [-0.05, 0) is 0 Å². The number of ether oxygens (including phenoxy) is 1. The average Bonchev–Trinajstić information content (AvgIpc) is 2.64. The first kappa shape index (κ1) is 9.70. The Hall–Kier alpha value is -1.39. The molecule has 5 nitrogen and oxygen atoms in total. The van der Waals surface area contributed by atoms with E-state index in [1.54, 1.807) is 0 Å². The molecule has 0 radical (unpaired) electrons. The van der Waals surface area contributed by atoms with E-state index >= 15 is 0 Å². The molecular weight excluding hydrogens is 172 g/mol. The summed E-state index contributed by atoms with van der Waals surface area (Å²) in [5, 5.41) is 2.14. The molecule has 0 saturated carbocycles. The molecule has 2 aliphatic heterocycles. The summed E-state index contributed by atoms with van der Waals surface area (Å²) in [4.78, 5) is 24.2. The normalized spacial score (nSPS) is 19.9. The fourth-order valence-electron chi connectivity index (χ4n) is 0.950. The molecule has 1 fully saturated rings. The highest BCUT2D eigenvalue weighted by Gasteiger charge is 2.15. The number of hydrogen-bond acceptors (Lipinski definition) is 4. The van der Waals surface area contributed by atoms with Gasteiger partial charge in [0, 0.05) is 19.8 Å². The van der Waals surface area contributed by atoms with Crippen LogP contribution in [0.2, 0.25) is 0 Å². The monoisotopic (exact) mass is 184 g/mol. The van der Waals surface area contributed by atoms with E-state index < -0.39 is 0 Å². The van der Waals surface area contributed by atoms with Crippen LogP contribution >= 0.6 is 0 Å². The Morgan fingerprint density at radius 3 is 2.08 bits per heavy atom. The lowest BCUT2D eigenvalue weighted by Crippen LogP contribution is -2.18. The molecule has 13 heavy (non-hydrogen) atoms. The zero-order valence-corrected chi connectivity index (χ0v) is 7.50. The molecule has 0 spiro atoms. The summed E-state index contributed by atoms with van der Waals surface area (Å²) in [6, 6.07) is 0. The molecule has 1 N–H and O–H groups in total. The van der Waals surface area contributed by atoms with E-state index in [2.05, 4.69) is 10.3 Å². The summed E-state index contributed by atoms with van der Waals surface area (Å²) in [5.41, 5.74) is 0. The molecule has 0 bridgehead atoms. The van der Waals surface area contributed by atoms with Crippen LogP contribution in [0.1, 0.15) is 19.8 Å². The van der Waals surface area contributed by atoms with E-state index in [0.29, 0.717) is 12.8 Å². The molecule has 72 valence electrons. The Morgan fingerprint density at radius 2 is 1.92 bits per heavy atom. The molecule has 0 aliphatic carbocycles. The second-order valence-electron chi connectivity index (χ2n) is 2.72. The highest BCUT2D eigenvalue weighted by molar-refractivity contribution is 6.01. The maximum atomic E-state index is 10.1. The number of aliphatic imine (C=N–C) groups is 1. The summed E-state index contributed by atoms with van der Waals surface area (Å²) >= 11 is 0. The van der Waals surface area contributed by atoms with Gasteiger partial charge in [0.2, 0.25) is 11.8 Å². The van der Waals surface area contributed by atoms with Gasteiger partial charge in [-0.1, -0.05) is 0 Å². The predicted molar refractivity (Wildman–Crippen MR) is 46.3 cm³/mol. The first-order valence-corrected chi connectivity index (χ1v) is 4.15. The first-order valence-electron chi connectivity index (χ1n) is 4.15. The Labute approximate surface area is 76.2 Å². The fourth-order valence-corrected chi connectivity index (χ4v) is 0.950. The van der Waals surface area contributed by atoms with Crippen molar-refractivity contribution in [1.82, 2.24) is 5.32 Å². The third-order valence-corrected chi connectivity index (χ3v) is 1.59. The zero-order valence-electron chi connectivity index (χ0n) is 7.50. The number of carbonyl (C=O) groups excluding carboxylic acids is 2. The van der Waals surface area contributed by atoms with Crippen LogP contribution in [-0.4, -0.2) is 30.9 Å². The first-order chi connectivity index (χ1) is 6.18. The van der Waals surface area contributed by atoms with E-state index in [-0.39, 0.29) is 11.8 Å². The topological polar surface area (TPSA) is 67.8 Å². The quantitative estimate of drug-likeness (QED) is 0.533. The molecule has 2 amide bonds. The van der Waals surface area contributed by atoms with Crippen molar-refractivity contribution in [2.75, 3.05) is 13.2 Å². The van der Waals surface area contributed by atoms with Gasteiger partial charge in [0.1, 0.15) is 6.61 Å². The molecular formula is C8H12N2O3. The van der Waals surface area contributed by atoms with Crippen LogP contribution in [0, 0.1) is 0 Å². The molecule has 0 atom stereocenters. The van der Waals surface area contributed by atoms with Gasteiger partial charge in [0.15, 0.2) is 5.90 Å². The van der Waals surface area contributed by atoms with Crippen LogP contribution in [0.25, 0.3) is 0 Å². The Bertz CT molecular complexity index is 234. The predicted octanol–water partition coefficient (Wildman–Crippen LogP) is -0.142. The number of carbonyl (C=O) groups is 2. The minimum atomic E-state index is -0.148. The van der Waals surface area contributed by atoms with Crippen LogP contribution < -0.4 is 5.32 Å². The van der Waals surface area contributed by atoms with Gasteiger partial charge in [-0.3, -0.25) is 19.9 Å². The van der Waals surface area contributed by atoms with Crippen molar-refractivity contribution in [3.8, 4) is 0 Å². The van der Waals surface area contributed by atoms with E-state index in [1.165, 1.54) is 0 Å². The van der Waals surface area contributed by atoms with Gasteiger partial charge in [0.25, 0.3) is 0 Å². The third kappa shape index (κ3) is 3.68. The maximum absolute atomic E-state index is 10.1. The van der Waals surface area contributed by atoms with Crippen molar-refractivity contribution in [3.05, 3.63) is 0 Å². The minimum Gasteiger partial charge on any atom is -0.479 e. The Kier molecular flexibility index (Phi) is 3.42. The van der Waals surface area contributed by atoms with Gasteiger partial charge >= 0.3 is 0 Å². The average molecular weight is 184 g/mol. The summed E-state index contributed by atoms with van der Waals surface area (Å²) in [6.45, 7) is 3.50. The van der Waals surface area contributed by atoms with Gasteiger partial charge in [-0.25, -0.2) is 0 Å². The lowest BCUT2D eigenvalue weighted by Gasteiger charge is -1.86. The number of imide groups is 1. The SMILES string of the molecule is CC1=NCCO1.O=C1CCC(=O)N1. The lowest BCUT2D eigenvalue weighted by molar-refractivity contribution is -0.124. The smallest absolute Gasteiger partial charge is 0.227 e. The van der Waals surface area contributed by atoms with Gasteiger partial charge in [-0.2, -0.15) is 0 Å². The number of amides is 2. The van der Waals surface area contributed by atoms with Crippen molar-refractivity contribution in [3.63, 3.8) is 0 Å². The number of nitrogens with zero attached hydrogens (tertiary/aromatic N) is 1. The van der Waals surface area contributed by atoms with Crippen LogP contribution in [0.5, 0.6) is 0 Å². The van der Waals surface area contributed by atoms with E-state index in [9.17, 15) is 9.59 Å². The molecule has 2 rings (SSSR count). The van der Waals surface area contributed by atoms with Crippen LogP contribution in [0.3, 0.4) is 0 Å². The van der Waals surface area contributed by atoms with Gasteiger partial charge < -0.3 is 4.74 Å². The zero-order chi connectivity index (χ0) is 9.68. The largest absolute Gasteiger partial charge is 0.479 e. The Morgan fingerprint density at radius 1 is 1.31 bits per heavy atom. The van der Waals surface area contributed by atoms with Crippen LogP contribution in [0.4, 0.5) is 0 Å². The highest BCUT2D eigenvalue weighted by atomic mass is 16.5. The lowest BCUT2D eigenvalue weighted by atomic mass is 10.4. The number of rotatable bonds is 0. The second-order valence-corrected chi connectivity index (χ2v) is 2.72. The van der Waals surface area contributed by atoms with Crippen molar-refractivity contribution < 1.29 is 14.3 Å². The Balaban J connectivity index is 0.000000132. The van der Waals surface area contributed by atoms with Gasteiger partial charge in [0.05, 0.1) is 6.54 Å². The minimum absolute atomic E-state index is 0.148. The third-order valence-electron chi connectivity index (χ3n) is 1.59. The standard InChI is InChI=1S/C4H5NO2.C4H7NO/c6-3-1-2-4(7)5-3;1-4-5-2-3-6-4/h1-2H2,(H,5,6,7);2-3H2,1H3. The van der Waals surface area contributed by atoms with E-state index in [0.717, 1.165) is 19.0 Å². The van der Waals surface area contributed by atoms with Crippen molar-refractivity contribution >= 4 is 17.7 Å². The maximum Gasteiger partial charge on any atom is 0.227 e. The van der Waals surface area contributed by atoms with Gasteiger partial charge in [-0.15, -0.1) is 0 Å². The van der Waals surface area contributed by atoms with Crippen molar-refractivity contribution in [2.24, 2.45) is 4.99 Å². The summed E-state index contributed by atoms with van der Waals surface area (Å²) < 4.78 is 4.90. The second kappa shape index (κ2) is 4.59. The van der Waals surface area contributed by atoms with Crippen molar-refractivity contribution in [1.29, 1.82) is 0 Å². The fraction of sp³-hybridized carbons (Fsp3) is 0.625. The number of nitrogens with one attached hydrogen (secondary N) is 1. The molecule has 2 heterocycles. The van der Waals surface area contributed by atoms with Crippen molar-refractivity contribution in [2.45, 2.75) is 19.8 Å². The molecule has 5 heteroatoms. The summed E-state index contributed by atoms with van der Waals surface area (Å²) in [5.74, 6) is 0.532. The summed E-state index contributed by atoms with van der Waals surface area (Å²) in [7, 11) is 0. The molecule has 0 aromatic heterocycles. The van der Waals surface area contributed by atoms with Crippen LogP contribution in [-0.2, 0) is 14.3 Å². The molecule has 0 aromatic carbocycles. The van der Waals surface area contributed by atoms with Crippen LogP contribution in [0.15, 0.2) is 4.99 Å². The molecule has 0 unspecified atom stereocenters. The van der Waals surface area contributed by atoms with E-state index in [1.807, 2.05) is 6.92 Å². The number of hydrogen-bond donors (Lipinski definition) is 1. The molecule has 0 aromatic rings. The van der Waals surface area contributed by atoms with E-state index in [4.69, 9.17) is 4.74 Å². The highest BCUT2D eigenvalue weighted by Crippen LogP contribution is 1.95. The molecule has 2 aliphatic rings.